The normalized spacial score (nSPS) is 11.2. The Morgan fingerprint density at radius 3 is 2.38 bits per heavy atom. The number of methoxy groups -OCH3 is 1. The highest BCUT2D eigenvalue weighted by Gasteiger charge is 2.22. The van der Waals surface area contributed by atoms with E-state index in [-0.39, 0.29) is 35.4 Å². The van der Waals surface area contributed by atoms with Crippen LogP contribution in [0, 0.1) is 0 Å². The monoisotopic (exact) mass is 420 g/mol. The van der Waals surface area contributed by atoms with Crippen LogP contribution < -0.4 is 14.8 Å². The Balaban J connectivity index is 2.03. The molecule has 2 aromatic rings. The van der Waals surface area contributed by atoms with Gasteiger partial charge in [-0.3, -0.25) is 9.59 Å². The van der Waals surface area contributed by atoms with Crippen molar-refractivity contribution in [2.45, 2.75) is 31.4 Å². The molecule has 2 aromatic carbocycles. The van der Waals surface area contributed by atoms with Gasteiger partial charge in [-0.25, -0.2) is 13.1 Å². The fraction of sp³-hybridized carbons (Fsp3) is 0.300. The van der Waals surface area contributed by atoms with Gasteiger partial charge in [0.15, 0.2) is 0 Å². The van der Waals surface area contributed by atoms with E-state index in [4.69, 9.17) is 9.47 Å². The summed E-state index contributed by atoms with van der Waals surface area (Å²) in [6.07, 6.45) is 0. The highest BCUT2D eigenvalue weighted by atomic mass is 32.2. The van der Waals surface area contributed by atoms with Crippen LogP contribution in [0.5, 0.6) is 5.75 Å². The second kappa shape index (κ2) is 10.0. The number of hydrogen-bond donors (Lipinski definition) is 2. The van der Waals surface area contributed by atoms with Gasteiger partial charge >= 0.3 is 5.97 Å². The van der Waals surface area contributed by atoms with Crippen molar-refractivity contribution < 1.29 is 27.5 Å². The van der Waals surface area contributed by atoms with Crippen LogP contribution in [0.15, 0.2) is 53.4 Å². The number of nitrogens with one attached hydrogen (secondary N) is 2. The summed E-state index contributed by atoms with van der Waals surface area (Å²) in [6.45, 7) is 3.12. The minimum atomic E-state index is -3.88. The Kier molecular flexibility index (Phi) is 7.74. The van der Waals surface area contributed by atoms with Crippen LogP contribution in [0.25, 0.3) is 0 Å². The van der Waals surface area contributed by atoms with Crippen LogP contribution in [-0.2, 0) is 26.2 Å². The molecule has 0 atom stereocenters. The molecular weight excluding hydrogens is 396 g/mol. The number of amides is 1. The van der Waals surface area contributed by atoms with Crippen LogP contribution >= 0.6 is 0 Å². The smallest absolute Gasteiger partial charge is 0.325 e. The fourth-order valence-corrected chi connectivity index (χ4v) is 3.89. The molecule has 156 valence electrons. The lowest BCUT2D eigenvalue weighted by Crippen LogP contribution is -2.32. The maximum atomic E-state index is 12.5. The van der Waals surface area contributed by atoms with Crippen LogP contribution in [0.2, 0.25) is 0 Å². The summed E-state index contributed by atoms with van der Waals surface area (Å²) >= 11 is 0. The lowest BCUT2D eigenvalue weighted by Gasteiger charge is -2.14. The van der Waals surface area contributed by atoms with E-state index >= 15 is 0 Å². The minimum absolute atomic E-state index is 0.0748. The van der Waals surface area contributed by atoms with Crippen molar-refractivity contribution in [1.82, 2.24) is 10.0 Å². The third-order valence-corrected chi connectivity index (χ3v) is 5.42. The molecule has 0 aliphatic heterocycles. The Labute approximate surface area is 170 Å². The van der Waals surface area contributed by atoms with E-state index in [0.29, 0.717) is 0 Å². The number of sulfonamides is 1. The molecule has 0 fully saturated rings. The molecule has 0 radical (unpaired) electrons. The zero-order valence-corrected chi connectivity index (χ0v) is 17.3. The SMILES string of the molecule is COc1ccc(C(=O)NCC(=O)OCc2ccccc2)cc1S(=O)(=O)NC(C)C. The molecular formula is C20H24N2O6S. The maximum absolute atomic E-state index is 12.5. The third-order valence-electron chi connectivity index (χ3n) is 3.74. The van der Waals surface area contributed by atoms with Crippen molar-refractivity contribution in [2.24, 2.45) is 0 Å². The van der Waals surface area contributed by atoms with Gasteiger partial charge in [-0.2, -0.15) is 0 Å². The summed E-state index contributed by atoms with van der Waals surface area (Å²) in [6, 6.07) is 12.8. The van der Waals surface area contributed by atoms with Gasteiger partial charge in [-0.1, -0.05) is 30.3 Å². The summed E-state index contributed by atoms with van der Waals surface area (Å²) in [4.78, 5) is 24.0. The summed E-state index contributed by atoms with van der Waals surface area (Å²) < 4.78 is 37.6. The topological polar surface area (TPSA) is 111 Å². The van der Waals surface area contributed by atoms with E-state index in [0.717, 1.165) is 5.56 Å². The van der Waals surface area contributed by atoms with Crippen molar-refractivity contribution in [3.63, 3.8) is 0 Å². The number of hydrogen-bond acceptors (Lipinski definition) is 6. The van der Waals surface area contributed by atoms with Crippen molar-refractivity contribution in [2.75, 3.05) is 13.7 Å². The second-order valence-electron chi connectivity index (χ2n) is 6.47. The summed E-state index contributed by atoms with van der Waals surface area (Å²) in [7, 11) is -2.54. The number of rotatable bonds is 9. The Bertz CT molecular complexity index is 958. The highest BCUT2D eigenvalue weighted by Crippen LogP contribution is 2.25. The fourth-order valence-electron chi connectivity index (χ4n) is 2.45. The number of carbonyl (C=O) groups is 2. The molecule has 0 saturated carbocycles. The van der Waals surface area contributed by atoms with Crippen molar-refractivity contribution in [3.8, 4) is 5.75 Å². The van der Waals surface area contributed by atoms with Crippen molar-refractivity contribution >= 4 is 21.9 Å². The zero-order valence-electron chi connectivity index (χ0n) is 16.5. The largest absolute Gasteiger partial charge is 0.495 e. The number of ether oxygens (including phenoxy) is 2. The Hall–Kier alpha value is -2.91. The van der Waals surface area contributed by atoms with Gasteiger partial charge in [0.05, 0.1) is 7.11 Å². The first kappa shape index (κ1) is 22.4. The van der Waals surface area contributed by atoms with Crippen LogP contribution in [-0.4, -0.2) is 40.0 Å². The zero-order chi connectivity index (χ0) is 21.4. The molecule has 0 spiro atoms. The molecule has 0 unspecified atom stereocenters. The molecule has 9 heteroatoms. The molecule has 0 bridgehead atoms. The first-order valence-corrected chi connectivity index (χ1v) is 10.4. The predicted molar refractivity (Wildman–Crippen MR) is 107 cm³/mol. The van der Waals surface area contributed by atoms with Crippen molar-refractivity contribution in [3.05, 3.63) is 59.7 Å². The lowest BCUT2D eigenvalue weighted by atomic mass is 10.2. The van der Waals surface area contributed by atoms with Gasteiger partial charge in [0, 0.05) is 11.6 Å². The first-order valence-electron chi connectivity index (χ1n) is 8.91. The molecule has 0 heterocycles. The van der Waals surface area contributed by atoms with E-state index in [1.807, 2.05) is 30.3 Å². The third kappa shape index (κ3) is 6.58. The van der Waals surface area contributed by atoms with Crippen LogP contribution in [0.1, 0.15) is 29.8 Å². The van der Waals surface area contributed by atoms with E-state index in [9.17, 15) is 18.0 Å². The molecule has 2 N–H and O–H groups in total. The number of benzene rings is 2. The van der Waals surface area contributed by atoms with Gasteiger partial charge in [0.25, 0.3) is 5.91 Å². The lowest BCUT2D eigenvalue weighted by molar-refractivity contribution is -0.143. The van der Waals surface area contributed by atoms with Crippen LogP contribution in [0.3, 0.4) is 0 Å². The van der Waals surface area contributed by atoms with Crippen molar-refractivity contribution in [1.29, 1.82) is 0 Å². The number of esters is 1. The van der Waals surface area contributed by atoms with Gasteiger partial charge in [-0.15, -0.1) is 0 Å². The molecule has 0 aromatic heterocycles. The Morgan fingerprint density at radius 1 is 1.07 bits per heavy atom. The van der Waals surface area contributed by atoms with Gasteiger partial charge < -0.3 is 14.8 Å². The second-order valence-corrected chi connectivity index (χ2v) is 8.15. The predicted octanol–water partition coefficient (Wildman–Crippen LogP) is 1.86. The summed E-state index contributed by atoms with van der Waals surface area (Å²) in [5.74, 6) is -1.10. The quantitative estimate of drug-likeness (QED) is 0.599. The molecule has 2 rings (SSSR count). The van der Waals surface area contributed by atoms with Gasteiger partial charge in [-0.05, 0) is 37.6 Å². The Morgan fingerprint density at radius 2 is 1.76 bits per heavy atom. The van der Waals surface area contributed by atoms with E-state index in [1.165, 1.54) is 25.3 Å². The highest BCUT2D eigenvalue weighted by molar-refractivity contribution is 7.89. The van der Waals surface area contributed by atoms with Gasteiger partial charge in [0.1, 0.15) is 23.8 Å². The molecule has 1 amide bonds. The molecule has 29 heavy (non-hydrogen) atoms. The van der Waals surface area contributed by atoms with E-state index in [2.05, 4.69) is 10.0 Å². The van der Waals surface area contributed by atoms with E-state index < -0.39 is 21.9 Å². The average molecular weight is 420 g/mol. The summed E-state index contributed by atoms with van der Waals surface area (Å²) in [5, 5.41) is 2.42. The standard InChI is InChI=1S/C20H24N2O6S/c1-14(2)22-29(25,26)18-11-16(9-10-17(18)27-3)20(24)21-12-19(23)28-13-15-7-5-4-6-8-15/h4-11,14,22H,12-13H2,1-3H3,(H,21,24). The number of carbonyl (C=O) groups excluding carboxylic acids is 2. The molecule has 0 aliphatic rings. The molecule has 0 aliphatic carbocycles. The summed E-state index contributed by atoms with van der Waals surface area (Å²) in [5.41, 5.74) is 0.903. The maximum Gasteiger partial charge on any atom is 0.325 e. The van der Waals surface area contributed by atoms with E-state index in [1.54, 1.807) is 13.8 Å². The molecule has 0 saturated heterocycles. The average Bonchev–Trinajstić information content (AvgIpc) is 2.69. The molecule has 8 nitrogen and oxygen atoms in total. The first-order chi connectivity index (χ1) is 13.7. The minimum Gasteiger partial charge on any atom is -0.495 e. The van der Waals surface area contributed by atoms with Gasteiger partial charge in [0.2, 0.25) is 10.0 Å². The van der Waals surface area contributed by atoms with Crippen LogP contribution in [0.4, 0.5) is 0 Å².